The van der Waals surface area contributed by atoms with Crippen molar-refractivity contribution in [1.29, 1.82) is 0 Å². The van der Waals surface area contributed by atoms with E-state index >= 15 is 0 Å². The van der Waals surface area contributed by atoms with Crippen molar-refractivity contribution in [2.45, 2.75) is 50.5 Å². The smallest absolute Gasteiger partial charge is 0.260 e. The molecule has 2 heterocycles. The number of aryl methyl sites for hydroxylation is 1. The topological polar surface area (TPSA) is 73.8 Å². The maximum atomic E-state index is 13.6. The maximum Gasteiger partial charge on any atom is 0.260 e. The van der Waals surface area contributed by atoms with Crippen LogP contribution in [-0.4, -0.2) is 68.3 Å². The van der Waals surface area contributed by atoms with Crippen molar-refractivity contribution in [3.05, 3.63) is 53.6 Å². The van der Waals surface area contributed by atoms with Gasteiger partial charge in [0.15, 0.2) is 5.13 Å². The van der Waals surface area contributed by atoms with Gasteiger partial charge in [-0.3, -0.25) is 9.69 Å². The Balaban J connectivity index is 1.60. The quantitative estimate of drug-likeness (QED) is 0.433. The number of carbonyl (C=O) groups excluding carboxylic acids is 1. The van der Waals surface area contributed by atoms with Crippen LogP contribution in [-0.2, 0) is 10.0 Å². The molecule has 0 bridgehead atoms. The van der Waals surface area contributed by atoms with E-state index in [4.69, 9.17) is 4.98 Å². The highest BCUT2D eigenvalue weighted by atomic mass is 32.2. The van der Waals surface area contributed by atoms with Crippen LogP contribution in [0.15, 0.2) is 47.4 Å². The van der Waals surface area contributed by atoms with Gasteiger partial charge in [-0.05, 0) is 95.7 Å². The number of sulfonamides is 1. The van der Waals surface area contributed by atoms with E-state index < -0.39 is 10.0 Å². The SMILES string of the molecule is Cc1ccc2nc(N(CCCN(C)C)C(=O)c3ccc(S(=O)(=O)N4CCCCC4C)cc3)sc2c1. The zero-order chi connectivity index (χ0) is 25.2. The van der Waals surface area contributed by atoms with Crippen molar-refractivity contribution in [2.24, 2.45) is 0 Å². The van der Waals surface area contributed by atoms with Crippen molar-refractivity contribution in [1.82, 2.24) is 14.2 Å². The minimum absolute atomic E-state index is 0.00933. The monoisotopic (exact) mass is 514 g/mol. The molecule has 1 atom stereocenters. The summed E-state index contributed by atoms with van der Waals surface area (Å²) in [5.41, 5.74) is 2.48. The summed E-state index contributed by atoms with van der Waals surface area (Å²) in [5, 5.41) is 0.660. The molecule has 1 saturated heterocycles. The summed E-state index contributed by atoms with van der Waals surface area (Å²) < 4.78 is 29.0. The summed E-state index contributed by atoms with van der Waals surface area (Å²) in [4.78, 5) is 22.4. The van der Waals surface area contributed by atoms with Gasteiger partial charge in [-0.1, -0.05) is 23.8 Å². The molecule has 0 radical (unpaired) electrons. The fourth-order valence-corrected chi connectivity index (χ4v) is 7.24. The highest BCUT2D eigenvalue weighted by Gasteiger charge is 2.31. The van der Waals surface area contributed by atoms with Gasteiger partial charge in [0.05, 0.1) is 15.1 Å². The molecule has 0 saturated carbocycles. The molecule has 9 heteroatoms. The van der Waals surface area contributed by atoms with Crippen molar-refractivity contribution < 1.29 is 13.2 Å². The van der Waals surface area contributed by atoms with Crippen molar-refractivity contribution in [3.8, 4) is 0 Å². The number of carbonyl (C=O) groups is 1. The van der Waals surface area contributed by atoms with Gasteiger partial charge in [-0.25, -0.2) is 13.4 Å². The number of piperidine rings is 1. The van der Waals surface area contributed by atoms with E-state index in [2.05, 4.69) is 11.0 Å². The van der Waals surface area contributed by atoms with Crippen LogP contribution >= 0.6 is 11.3 Å². The molecule has 1 aliphatic heterocycles. The molecule has 4 rings (SSSR count). The van der Waals surface area contributed by atoms with Crippen LogP contribution in [0.5, 0.6) is 0 Å². The third-order valence-corrected chi connectivity index (χ3v) is 9.51. The van der Waals surface area contributed by atoms with Crippen LogP contribution in [0.2, 0.25) is 0 Å². The van der Waals surface area contributed by atoms with Gasteiger partial charge in [0, 0.05) is 24.7 Å². The van der Waals surface area contributed by atoms with Gasteiger partial charge in [0.25, 0.3) is 5.91 Å². The third-order valence-electron chi connectivity index (χ3n) is 6.45. The van der Waals surface area contributed by atoms with Gasteiger partial charge in [0.1, 0.15) is 0 Å². The van der Waals surface area contributed by atoms with Gasteiger partial charge < -0.3 is 4.90 Å². The van der Waals surface area contributed by atoms with Crippen LogP contribution in [0, 0.1) is 6.92 Å². The first-order valence-corrected chi connectivity index (χ1v) is 14.4. The van der Waals surface area contributed by atoms with Crippen LogP contribution in [0.25, 0.3) is 10.2 Å². The lowest BCUT2D eigenvalue weighted by atomic mass is 10.1. The Bertz CT molecular complexity index is 1290. The average molecular weight is 515 g/mol. The summed E-state index contributed by atoms with van der Waals surface area (Å²) >= 11 is 1.51. The second-order valence-electron chi connectivity index (χ2n) is 9.57. The van der Waals surface area contributed by atoms with E-state index in [1.807, 2.05) is 40.1 Å². The van der Waals surface area contributed by atoms with Gasteiger partial charge in [-0.2, -0.15) is 4.31 Å². The third kappa shape index (κ3) is 5.74. The lowest BCUT2D eigenvalue weighted by Gasteiger charge is -2.32. The highest BCUT2D eigenvalue weighted by molar-refractivity contribution is 7.89. The fourth-order valence-electron chi connectivity index (χ4n) is 4.45. The summed E-state index contributed by atoms with van der Waals surface area (Å²) in [5.74, 6) is -0.171. The second-order valence-corrected chi connectivity index (χ2v) is 12.5. The van der Waals surface area contributed by atoms with Crippen molar-refractivity contribution >= 4 is 42.6 Å². The number of fused-ring (bicyclic) bond motifs is 1. The first kappa shape index (κ1) is 25.8. The fraction of sp³-hybridized carbons (Fsp3) is 0.462. The van der Waals surface area contributed by atoms with E-state index in [0.29, 0.717) is 23.8 Å². The molecule has 1 aliphatic rings. The molecule has 35 heavy (non-hydrogen) atoms. The summed E-state index contributed by atoms with van der Waals surface area (Å²) in [7, 11) is 0.439. The molecular weight excluding hydrogens is 480 g/mol. The minimum Gasteiger partial charge on any atom is -0.309 e. The Hall–Kier alpha value is -2.33. The van der Waals surface area contributed by atoms with Gasteiger partial charge >= 0.3 is 0 Å². The molecule has 1 unspecified atom stereocenters. The zero-order valence-corrected chi connectivity index (χ0v) is 22.5. The number of amides is 1. The van der Waals surface area contributed by atoms with E-state index in [1.165, 1.54) is 11.3 Å². The average Bonchev–Trinajstić information content (AvgIpc) is 3.24. The lowest BCUT2D eigenvalue weighted by Crippen LogP contribution is -2.41. The normalized spacial score (nSPS) is 17.2. The van der Waals surface area contributed by atoms with E-state index in [1.54, 1.807) is 33.5 Å². The van der Waals surface area contributed by atoms with E-state index in [-0.39, 0.29) is 16.8 Å². The van der Waals surface area contributed by atoms with Crippen molar-refractivity contribution in [3.63, 3.8) is 0 Å². The highest BCUT2D eigenvalue weighted by Crippen LogP contribution is 2.31. The predicted molar refractivity (Wildman–Crippen MR) is 143 cm³/mol. The Morgan fingerprint density at radius 2 is 1.86 bits per heavy atom. The molecule has 1 amide bonds. The number of hydrogen-bond donors (Lipinski definition) is 0. The molecule has 0 N–H and O–H groups in total. The molecule has 188 valence electrons. The largest absolute Gasteiger partial charge is 0.309 e. The second kappa shape index (κ2) is 10.7. The molecular formula is C26H34N4O3S2. The minimum atomic E-state index is -3.58. The molecule has 2 aromatic carbocycles. The van der Waals surface area contributed by atoms with Crippen LogP contribution < -0.4 is 4.90 Å². The van der Waals surface area contributed by atoms with Gasteiger partial charge in [-0.15, -0.1) is 0 Å². The number of hydrogen-bond acceptors (Lipinski definition) is 6. The van der Waals surface area contributed by atoms with Gasteiger partial charge in [0.2, 0.25) is 10.0 Å². The summed E-state index contributed by atoms with van der Waals surface area (Å²) in [6.45, 7) is 5.92. The Labute approximate surface area is 212 Å². The number of nitrogens with zero attached hydrogens (tertiary/aromatic N) is 4. The summed E-state index contributed by atoms with van der Waals surface area (Å²) in [6, 6.07) is 12.4. The molecule has 1 aromatic heterocycles. The number of anilines is 1. The number of benzene rings is 2. The Kier molecular flexibility index (Phi) is 7.90. The molecule has 1 fully saturated rings. The van der Waals surface area contributed by atoms with Crippen LogP contribution in [0.3, 0.4) is 0 Å². The predicted octanol–water partition coefficient (Wildman–Crippen LogP) is 4.77. The molecule has 0 aliphatic carbocycles. The Morgan fingerprint density at radius 3 is 2.54 bits per heavy atom. The van der Waals surface area contributed by atoms with Crippen molar-refractivity contribution in [2.75, 3.05) is 38.6 Å². The number of thiazole rings is 1. The molecule has 3 aromatic rings. The number of aromatic nitrogens is 1. The van der Waals surface area contributed by atoms with E-state index in [9.17, 15) is 13.2 Å². The standard InChI is InChI=1S/C26H34N4O3S2/c1-19-9-14-23-24(18-19)34-26(27-23)29(16-7-15-28(3)4)25(31)21-10-12-22(13-11-21)35(32,33)30-17-6-5-8-20(30)2/h9-14,18,20H,5-8,15-17H2,1-4H3. The molecule has 7 nitrogen and oxygen atoms in total. The molecule has 0 spiro atoms. The van der Waals surface area contributed by atoms with E-state index in [0.717, 1.165) is 48.0 Å². The maximum absolute atomic E-state index is 13.6. The van der Waals surface area contributed by atoms with Crippen LogP contribution in [0.4, 0.5) is 5.13 Å². The Morgan fingerprint density at radius 1 is 1.11 bits per heavy atom. The summed E-state index contributed by atoms with van der Waals surface area (Å²) in [6.07, 6.45) is 3.60. The number of rotatable bonds is 8. The van der Waals surface area contributed by atoms with Crippen LogP contribution in [0.1, 0.15) is 48.5 Å². The zero-order valence-electron chi connectivity index (χ0n) is 20.9. The first-order valence-electron chi connectivity index (χ1n) is 12.1. The first-order chi connectivity index (χ1) is 16.7. The lowest BCUT2D eigenvalue weighted by molar-refractivity contribution is 0.0986.